The second kappa shape index (κ2) is 7.09. The molecule has 1 aliphatic rings. The first-order chi connectivity index (χ1) is 14.5. The number of amides is 1. The predicted octanol–water partition coefficient (Wildman–Crippen LogP) is 4.65. The zero-order valence-electron chi connectivity index (χ0n) is 16.7. The van der Waals surface area contributed by atoms with Crippen molar-refractivity contribution in [2.45, 2.75) is 38.0 Å². The van der Waals surface area contributed by atoms with Crippen LogP contribution in [0.15, 0.2) is 54.6 Å². The van der Waals surface area contributed by atoms with Crippen LogP contribution in [0.4, 0.5) is 10.2 Å². The molecule has 1 saturated carbocycles. The van der Waals surface area contributed by atoms with E-state index in [1.807, 2.05) is 43.3 Å². The smallest absolute Gasteiger partial charge is 0.236 e. The molecular formula is C23H22FN5O. The number of hydrogen-bond donors (Lipinski definition) is 2. The van der Waals surface area contributed by atoms with Gasteiger partial charge in [0.05, 0.1) is 22.1 Å². The number of nitrogens with zero attached hydrogens (tertiary/aromatic N) is 3. The molecule has 30 heavy (non-hydrogen) atoms. The highest BCUT2D eigenvalue weighted by molar-refractivity contribution is 5.99. The van der Waals surface area contributed by atoms with Crippen molar-refractivity contribution in [2.24, 2.45) is 0 Å². The predicted molar refractivity (Wildman–Crippen MR) is 113 cm³/mol. The summed E-state index contributed by atoms with van der Waals surface area (Å²) in [6.07, 6.45) is 3.26. The minimum atomic E-state index is -0.737. The number of halogens is 1. The van der Waals surface area contributed by atoms with E-state index in [1.165, 1.54) is 12.1 Å². The maximum absolute atomic E-state index is 13.9. The number of H-pyrrole nitrogens is 1. The van der Waals surface area contributed by atoms with Crippen molar-refractivity contribution in [3.05, 3.63) is 71.7 Å². The van der Waals surface area contributed by atoms with Gasteiger partial charge in [-0.15, -0.1) is 0 Å². The Morgan fingerprint density at radius 1 is 1.13 bits per heavy atom. The van der Waals surface area contributed by atoms with Crippen molar-refractivity contribution >= 4 is 22.8 Å². The normalized spacial score (nSPS) is 15.5. The molecule has 0 spiro atoms. The maximum atomic E-state index is 13.9. The van der Waals surface area contributed by atoms with Crippen LogP contribution >= 0.6 is 0 Å². The molecule has 2 aromatic carbocycles. The van der Waals surface area contributed by atoms with E-state index in [4.69, 9.17) is 0 Å². The highest BCUT2D eigenvalue weighted by Gasteiger charge is 2.43. The van der Waals surface area contributed by atoms with Crippen LogP contribution in [-0.4, -0.2) is 25.7 Å². The fourth-order valence-electron chi connectivity index (χ4n) is 4.44. The summed E-state index contributed by atoms with van der Waals surface area (Å²) in [4.78, 5) is 21.3. The van der Waals surface area contributed by atoms with E-state index in [0.29, 0.717) is 24.6 Å². The standard InChI is InChI=1S/C23H22FN5O/c1-15-13-20(29(28-15)22-25-18-9-2-3-10-19(18)26-22)27-21(30)23(11-4-5-12-23)16-7-6-8-17(24)14-16/h2-3,6-10,13-14H,4-5,11-12H2,1H3,(H,25,26)(H,27,30). The molecule has 0 unspecified atom stereocenters. The third-order valence-electron chi connectivity index (χ3n) is 5.92. The van der Waals surface area contributed by atoms with Gasteiger partial charge in [-0.05, 0) is 49.6 Å². The number of benzene rings is 2. The number of fused-ring (bicyclic) bond motifs is 1. The molecule has 7 heteroatoms. The summed E-state index contributed by atoms with van der Waals surface area (Å²) in [5.41, 5.74) is 2.47. The highest BCUT2D eigenvalue weighted by Crippen LogP contribution is 2.42. The van der Waals surface area contributed by atoms with Gasteiger partial charge in [0.1, 0.15) is 11.6 Å². The Bertz CT molecular complexity index is 1200. The number of nitrogens with one attached hydrogen (secondary N) is 2. The molecule has 0 radical (unpaired) electrons. The topological polar surface area (TPSA) is 75.6 Å². The summed E-state index contributed by atoms with van der Waals surface area (Å²) in [6, 6.07) is 15.9. The maximum Gasteiger partial charge on any atom is 0.236 e. The number of aromatic amines is 1. The molecule has 0 atom stereocenters. The lowest BCUT2D eigenvalue weighted by atomic mass is 9.78. The van der Waals surface area contributed by atoms with E-state index in [1.54, 1.807) is 10.7 Å². The lowest BCUT2D eigenvalue weighted by Gasteiger charge is -2.28. The molecule has 152 valence electrons. The third kappa shape index (κ3) is 3.07. The van der Waals surface area contributed by atoms with Gasteiger partial charge in [-0.25, -0.2) is 9.37 Å². The van der Waals surface area contributed by atoms with Gasteiger partial charge in [-0.3, -0.25) is 4.79 Å². The van der Waals surface area contributed by atoms with Crippen LogP contribution in [0, 0.1) is 12.7 Å². The molecule has 1 aliphatic carbocycles. The first-order valence-corrected chi connectivity index (χ1v) is 10.1. The SMILES string of the molecule is Cc1cc(NC(=O)C2(c3cccc(F)c3)CCCC2)n(-c2nc3ccccc3[nH]2)n1. The second-order valence-electron chi connectivity index (χ2n) is 7.91. The van der Waals surface area contributed by atoms with Gasteiger partial charge in [-0.1, -0.05) is 37.1 Å². The number of carbonyl (C=O) groups excluding carboxylic acids is 1. The van der Waals surface area contributed by atoms with Gasteiger partial charge < -0.3 is 10.3 Å². The number of rotatable bonds is 4. The van der Waals surface area contributed by atoms with Crippen LogP contribution in [0.3, 0.4) is 0 Å². The first kappa shape index (κ1) is 18.5. The summed E-state index contributed by atoms with van der Waals surface area (Å²) >= 11 is 0. The average molecular weight is 403 g/mol. The van der Waals surface area contributed by atoms with Gasteiger partial charge in [0.25, 0.3) is 0 Å². The number of anilines is 1. The van der Waals surface area contributed by atoms with Gasteiger partial charge in [0.15, 0.2) is 0 Å². The summed E-state index contributed by atoms with van der Waals surface area (Å²) in [6.45, 7) is 1.87. The van der Waals surface area contributed by atoms with Crippen LogP contribution in [0.5, 0.6) is 0 Å². The van der Waals surface area contributed by atoms with Crippen molar-refractivity contribution in [2.75, 3.05) is 5.32 Å². The Labute approximate surface area is 173 Å². The number of hydrogen-bond acceptors (Lipinski definition) is 3. The minimum Gasteiger partial charge on any atom is -0.322 e. The number of aromatic nitrogens is 4. The molecule has 2 heterocycles. The summed E-state index contributed by atoms with van der Waals surface area (Å²) in [5.74, 6) is 0.614. The Morgan fingerprint density at radius 3 is 2.70 bits per heavy atom. The molecule has 5 rings (SSSR count). The number of aryl methyl sites for hydroxylation is 1. The molecule has 2 N–H and O–H groups in total. The van der Waals surface area contributed by atoms with Crippen molar-refractivity contribution < 1.29 is 9.18 Å². The van der Waals surface area contributed by atoms with Crippen molar-refractivity contribution in [3.8, 4) is 5.95 Å². The van der Waals surface area contributed by atoms with E-state index < -0.39 is 5.41 Å². The Balaban J connectivity index is 1.52. The third-order valence-corrected chi connectivity index (χ3v) is 5.92. The van der Waals surface area contributed by atoms with Crippen molar-refractivity contribution in [1.82, 2.24) is 19.7 Å². The van der Waals surface area contributed by atoms with Gasteiger partial charge in [-0.2, -0.15) is 9.78 Å². The fourth-order valence-corrected chi connectivity index (χ4v) is 4.44. The molecule has 2 aromatic heterocycles. The van der Waals surface area contributed by atoms with E-state index in [2.05, 4.69) is 20.4 Å². The molecule has 1 fully saturated rings. The Morgan fingerprint density at radius 2 is 1.93 bits per heavy atom. The number of imidazole rings is 1. The monoisotopic (exact) mass is 403 g/mol. The van der Waals surface area contributed by atoms with Crippen LogP contribution in [0.25, 0.3) is 17.0 Å². The zero-order valence-corrected chi connectivity index (χ0v) is 16.7. The van der Waals surface area contributed by atoms with Crippen LogP contribution in [0.1, 0.15) is 36.9 Å². The average Bonchev–Trinajstić information content (AvgIpc) is 3.46. The first-order valence-electron chi connectivity index (χ1n) is 10.1. The molecular weight excluding hydrogens is 381 g/mol. The lowest BCUT2D eigenvalue weighted by Crippen LogP contribution is -2.38. The van der Waals surface area contributed by atoms with E-state index in [9.17, 15) is 9.18 Å². The van der Waals surface area contributed by atoms with Gasteiger partial charge >= 0.3 is 0 Å². The van der Waals surface area contributed by atoms with Crippen molar-refractivity contribution in [1.29, 1.82) is 0 Å². The summed E-state index contributed by atoms with van der Waals surface area (Å²) < 4.78 is 15.5. The van der Waals surface area contributed by atoms with Gasteiger partial charge in [0, 0.05) is 6.07 Å². The zero-order chi connectivity index (χ0) is 20.7. The van der Waals surface area contributed by atoms with E-state index in [-0.39, 0.29) is 11.7 Å². The second-order valence-corrected chi connectivity index (χ2v) is 7.91. The lowest BCUT2D eigenvalue weighted by molar-refractivity contribution is -0.121. The fraction of sp³-hybridized carbons (Fsp3) is 0.261. The van der Waals surface area contributed by atoms with Crippen LogP contribution in [-0.2, 0) is 10.2 Å². The molecule has 0 bridgehead atoms. The van der Waals surface area contributed by atoms with E-state index >= 15 is 0 Å². The summed E-state index contributed by atoms with van der Waals surface area (Å²) in [7, 11) is 0. The Hall–Kier alpha value is -3.48. The molecule has 0 aliphatic heterocycles. The highest BCUT2D eigenvalue weighted by atomic mass is 19.1. The van der Waals surface area contributed by atoms with Crippen LogP contribution in [0.2, 0.25) is 0 Å². The molecule has 6 nitrogen and oxygen atoms in total. The van der Waals surface area contributed by atoms with Crippen molar-refractivity contribution in [3.63, 3.8) is 0 Å². The quantitative estimate of drug-likeness (QED) is 0.521. The number of para-hydroxylation sites is 2. The summed E-state index contributed by atoms with van der Waals surface area (Å²) in [5, 5.41) is 7.57. The van der Waals surface area contributed by atoms with Crippen LogP contribution < -0.4 is 5.32 Å². The molecule has 1 amide bonds. The number of carbonyl (C=O) groups is 1. The Kier molecular flexibility index (Phi) is 4.38. The van der Waals surface area contributed by atoms with Gasteiger partial charge in [0.2, 0.25) is 11.9 Å². The largest absolute Gasteiger partial charge is 0.322 e. The molecule has 0 saturated heterocycles. The van der Waals surface area contributed by atoms with E-state index in [0.717, 1.165) is 35.1 Å². The molecule has 4 aromatic rings. The minimum absolute atomic E-state index is 0.136.